The second-order valence-corrected chi connectivity index (χ2v) is 4.75. The van der Waals surface area contributed by atoms with Crippen molar-refractivity contribution in [2.75, 3.05) is 16.8 Å². The first kappa shape index (κ1) is 13.2. The minimum absolute atomic E-state index is 0.0283. The molecule has 1 atom stereocenters. The Labute approximate surface area is 112 Å². The highest BCUT2D eigenvalue weighted by Gasteiger charge is 2.29. The number of hydrogen-bond acceptors (Lipinski definition) is 2. The maximum absolute atomic E-state index is 11.9. The zero-order valence-electron chi connectivity index (χ0n) is 11.1. The van der Waals surface area contributed by atoms with Crippen molar-refractivity contribution < 1.29 is 9.59 Å². The van der Waals surface area contributed by atoms with E-state index in [1.54, 1.807) is 4.90 Å². The van der Waals surface area contributed by atoms with Crippen LogP contribution in [0.1, 0.15) is 18.9 Å². The van der Waals surface area contributed by atoms with Crippen LogP contribution in [0.2, 0.25) is 0 Å². The van der Waals surface area contributed by atoms with Crippen LogP contribution in [0.3, 0.4) is 0 Å². The van der Waals surface area contributed by atoms with Gasteiger partial charge in [0, 0.05) is 37.2 Å². The van der Waals surface area contributed by atoms with E-state index in [1.165, 1.54) is 6.92 Å². The van der Waals surface area contributed by atoms with Gasteiger partial charge in [-0.15, -0.1) is 12.3 Å². The number of carbonyl (C=O) groups excluding carboxylic acids is 2. The SMILES string of the molecule is C#CC1CC(=O)N(c2ccc(C)c(NC(C)=O)c2)C1. The molecular formula is C15H16N2O2. The van der Waals surface area contributed by atoms with Gasteiger partial charge >= 0.3 is 0 Å². The second kappa shape index (κ2) is 5.15. The number of amides is 2. The number of hydrogen-bond donors (Lipinski definition) is 1. The minimum Gasteiger partial charge on any atom is -0.326 e. The van der Waals surface area contributed by atoms with E-state index in [0.29, 0.717) is 13.0 Å². The quantitative estimate of drug-likeness (QED) is 0.822. The summed E-state index contributed by atoms with van der Waals surface area (Å²) in [4.78, 5) is 24.7. The Morgan fingerprint density at radius 3 is 2.84 bits per heavy atom. The van der Waals surface area contributed by atoms with Crippen LogP contribution in [0.5, 0.6) is 0 Å². The highest BCUT2D eigenvalue weighted by atomic mass is 16.2. The Balaban J connectivity index is 2.29. The van der Waals surface area contributed by atoms with E-state index in [0.717, 1.165) is 16.9 Å². The zero-order chi connectivity index (χ0) is 14.0. The summed E-state index contributed by atoms with van der Waals surface area (Å²) in [7, 11) is 0. The number of anilines is 2. The third-order valence-corrected chi connectivity index (χ3v) is 3.20. The Morgan fingerprint density at radius 2 is 2.26 bits per heavy atom. The fraction of sp³-hybridized carbons (Fsp3) is 0.333. The van der Waals surface area contributed by atoms with Gasteiger partial charge in [-0.05, 0) is 24.6 Å². The lowest BCUT2D eigenvalue weighted by Crippen LogP contribution is -2.24. The molecule has 0 bridgehead atoms. The van der Waals surface area contributed by atoms with Crippen molar-refractivity contribution >= 4 is 23.2 Å². The maximum Gasteiger partial charge on any atom is 0.228 e. The molecule has 1 saturated heterocycles. The van der Waals surface area contributed by atoms with Gasteiger partial charge in [-0.25, -0.2) is 0 Å². The lowest BCUT2D eigenvalue weighted by molar-refractivity contribution is -0.117. The molecule has 1 fully saturated rings. The van der Waals surface area contributed by atoms with Gasteiger partial charge in [0.05, 0.1) is 0 Å². The number of rotatable bonds is 2. The molecule has 1 unspecified atom stereocenters. The van der Waals surface area contributed by atoms with Gasteiger partial charge in [0.1, 0.15) is 0 Å². The standard InChI is InChI=1S/C15H16N2O2/c1-4-12-7-15(19)17(9-12)13-6-5-10(2)14(8-13)16-11(3)18/h1,5-6,8,12H,7,9H2,2-3H3,(H,16,18). The fourth-order valence-corrected chi connectivity index (χ4v) is 2.17. The van der Waals surface area contributed by atoms with E-state index >= 15 is 0 Å². The van der Waals surface area contributed by atoms with Gasteiger partial charge in [-0.2, -0.15) is 0 Å². The Hall–Kier alpha value is -2.28. The van der Waals surface area contributed by atoms with Crippen LogP contribution in [-0.4, -0.2) is 18.4 Å². The Kier molecular flexibility index (Phi) is 3.57. The van der Waals surface area contributed by atoms with Gasteiger partial charge in [-0.1, -0.05) is 6.07 Å². The third kappa shape index (κ3) is 2.76. The molecule has 1 heterocycles. The van der Waals surface area contributed by atoms with Gasteiger partial charge in [0.25, 0.3) is 0 Å². The van der Waals surface area contributed by atoms with Gasteiger partial charge < -0.3 is 10.2 Å². The molecule has 19 heavy (non-hydrogen) atoms. The molecule has 1 N–H and O–H groups in total. The molecule has 0 radical (unpaired) electrons. The van der Waals surface area contributed by atoms with Crippen molar-refractivity contribution in [1.82, 2.24) is 0 Å². The number of terminal acetylenes is 1. The van der Waals surface area contributed by atoms with Crippen molar-refractivity contribution in [2.24, 2.45) is 5.92 Å². The maximum atomic E-state index is 11.9. The molecular weight excluding hydrogens is 240 g/mol. The van der Waals surface area contributed by atoms with Crippen molar-refractivity contribution in [3.05, 3.63) is 23.8 Å². The monoisotopic (exact) mass is 256 g/mol. The molecule has 98 valence electrons. The van der Waals surface area contributed by atoms with E-state index < -0.39 is 0 Å². The first-order valence-electron chi connectivity index (χ1n) is 6.16. The predicted molar refractivity (Wildman–Crippen MR) is 74.8 cm³/mol. The molecule has 0 spiro atoms. The summed E-state index contributed by atoms with van der Waals surface area (Å²) < 4.78 is 0. The molecule has 1 aromatic carbocycles. The topological polar surface area (TPSA) is 49.4 Å². The van der Waals surface area contributed by atoms with Crippen molar-refractivity contribution in [3.8, 4) is 12.3 Å². The number of nitrogens with one attached hydrogen (secondary N) is 1. The average molecular weight is 256 g/mol. The van der Waals surface area contributed by atoms with Crippen LogP contribution in [0.4, 0.5) is 11.4 Å². The number of nitrogens with zero attached hydrogens (tertiary/aromatic N) is 1. The van der Waals surface area contributed by atoms with Crippen LogP contribution in [0.15, 0.2) is 18.2 Å². The lowest BCUT2D eigenvalue weighted by atomic mass is 10.1. The van der Waals surface area contributed by atoms with Crippen LogP contribution in [0, 0.1) is 25.2 Å². The number of aryl methyl sites for hydroxylation is 1. The van der Waals surface area contributed by atoms with Crippen molar-refractivity contribution in [2.45, 2.75) is 20.3 Å². The number of benzene rings is 1. The molecule has 4 nitrogen and oxygen atoms in total. The van der Waals surface area contributed by atoms with Gasteiger partial charge in [0.15, 0.2) is 0 Å². The van der Waals surface area contributed by atoms with E-state index in [1.807, 2.05) is 25.1 Å². The first-order chi connectivity index (χ1) is 9.01. The summed E-state index contributed by atoms with van der Waals surface area (Å²) >= 11 is 0. The third-order valence-electron chi connectivity index (χ3n) is 3.20. The summed E-state index contributed by atoms with van der Waals surface area (Å²) in [5.74, 6) is 2.49. The lowest BCUT2D eigenvalue weighted by Gasteiger charge is -2.18. The summed E-state index contributed by atoms with van der Waals surface area (Å²) in [6.07, 6.45) is 5.76. The van der Waals surface area contributed by atoms with Gasteiger partial charge in [-0.3, -0.25) is 9.59 Å². The fourth-order valence-electron chi connectivity index (χ4n) is 2.17. The predicted octanol–water partition coefficient (Wildman–Crippen LogP) is 1.94. The molecule has 1 aliphatic rings. The summed E-state index contributed by atoms with van der Waals surface area (Å²) in [5, 5.41) is 2.76. The van der Waals surface area contributed by atoms with Crippen LogP contribution < -0.4 is 10.2 Å². The molecule has 2 rings (SSSR count). The second-order valence-electron chi connectivity index (χ2n) is 4.75. The molecule has 4 heteroatoms. The smallest absolute Gasteiger partial charge is 0.228 e. The molecule has 1 aromatic rings. The molecule has 0 saturated carbocycles. The van der Waals surface area contributed by atoms with E-state index in [9.17, 15) is 9.59 Å². The van der Waals surface area contributed by atoms with E-state index in [4.69, 9.17) is 6.42 Å². The molecule has 2 amide bonds. The van der Waals surface area contributed by atoms with Crippen LogP contribution in [0.25, 0.3) is 0 Å². The van der Waals surface area contributed by atoms with E-state index in [2.05, 4.69) is 11.2 Å². The molecule has 1 aliphatic heterocycles. The van der Waals surface area contributed by atoms with Crippen molar-refractivity contribution in [1.29, 1.82) is 0 Å². The largest absolute Gasteiger partial charge is 0.326 e. The normalized spacial score (nSPS) is 18.3. The average Bonchev–Trinajstić information content (AvgIpc) is 2.73. The highest BCUT2D eigenvalue weighted by molar-refractivity contribution is 5.97. The minimum atomic E-state index is -0.130. The molecule has 0 aromatic heterocycles. The first-order valence-corrected chi connectivity index (χ1v) is 6.16. The van der Waals surface area contributed by atoms with E-state index in [-0.39, 0.29) is 17.7 Å². The summed E-state index contributed by atoms with van der Waals surface area (Å²) in [6.45, 7) is 3.91. The Morgan fingerprint density at radius 1 is 1.53 bits per heavy atom. The van der Waals surface area contributed by atoms with Crippen LogP contribution >= 0.6 is 0 Å². The highest BCUT2D eigenvalue weighted by Crippen LogP contribution is 2.28. The van der Waals surface area contributed by atoms with Crippen LogP contribution in [-0.2, 0) is 9.59 Å². The summed E-state index contributed by atoms with van der Waals surface area (Å²) in [5.41, 5.74) is 2.46. The van der Waals surface area contributed by atoms with Gasteiger partial charge in [0.2, 0.25) is 11.8 Å². The summed E-state index contributed by atoms with van der Waals surface area (Å²) in [6, 6.07) is 5.57. The zero-order valence-corrected chi connectivity index (χ0v) is 11.1. The Bertz CT molecular complexity index is 572. The number of carbonyl (C=O) groups is 2. The van der Waals surface area contributed by atoms with Crippen molar-refractivity contribution in [3.63, 3.8) is 0 Å². The molecule has 0 aliphatic carbocycles.